The summed E-state index contributed by atoms with van der Waals surface area (Å²) in [5.74, 6) is 2.99. The summed E-state index contributed by atoms with van der Waals surface area (Å²) in [6, 6.07) is 15.7. The maximum absolute atomic E-state index is 9.76. The first-order valence-corrected chi connectivity index (χ1v) is 8.96. The second-order valence-corrected chi connectivity index (χ2v) is 7.48. The molecule has 1 unspecified atom stereocenters. The highest BCUT2D eigenvalue weighted by Crippen LogP contribution is 2.38. The van der Waals surface area contributed by atoms with Gasteiger partial charge in [-0.3, -0.25) is 4.90 Å². The van der Waals surface area contributed by atoms with Crippen molar-refractivity contribution >= 4 is 11.6 Å². The van der Waals surface area contributed by atoms with Gasteiger partial charge in [-0.1, -0.05) is 23.7 Å². The van der Waals surface area contributed by atoms with Crippen LogP contribution in [0.3, 0.4) is 0 Å². The Hall–Kier alpha value is -1.55. The number of nitrogens with zero attached hydrogens (tertiary/aromatic N) is 1. The first kappa shape index (κ1) is 15.9. The van der Waals surface area contributed by atoms with E-state index in [0.29, 0.717) is 16.9 Å². The van der Waals surface area contributed by atoms with E-state index < -0.39 is 0 Å². The summed E-state index contributed by atoms with van der Waals surface area (Å²) in [5, 5.41) is 10.5. The number of hydrogen-bond acceptors (Lipinski definition) is 3. The van der Waals surface area contributed by atoms with Gasteiger partial charge in [0.25, 0.3) is 0 Å². The Morgan fingerprint density at radius 1 is 1.00 bits per heavy atom. The Bertz CT molecular complexity index is 689. The van der Waals surface area contributed by atoms with Crippen molar-refractivity contribution in [1.82, 2.24) is 4.90 Å². The quantitative estimate of drug-likeness (QED) is 0.896. The molecule has 2 aromatic rings. The molecule has 3 nitrogen and oxygen atoms in total. The van der Waals surface area contributed by atoms with Crippen molar-refractivity contribution in [1.29, 1.82) is 0 Å². The van der Waals surface area contributed by atoms with Crippen LogP contribution in [0.25, 0.3) is 0 Å². The summed E-state index contributed by atoms with van der Waals surface area (Å²) in [7, 11) is 0. The minimum atomic E-state index is -0.0711. The van der Waals surface area contributed by atoms with E-state index in [2.05, 4.69) is 17.0 Å². The number of benzene rings is 2. The average Bonchev–Trinajstić information content (AvgIpc) is 3.06. The molecule has 0 bridgehead atoms. The molecule has 2 fully saturated rings. The zero-order chi connectivity index (χ0) is 16.5. The van der Waals surface area contributed by atoms with E-state index in [-0.39, 0.29) is 6.10 Å². The number of aliphatic hydroxyl groups excluding tert-OH is 1. The van der Waals surface area contributed by atoms with Crippen LogP contribution in [0.1, 0.15) is 18.4 Å². The summed E-state index contributed by atoms with van der Waals surface area (Å²) in [5.41, 5.74) is 1.27. The van der Waals surface area contributed by atoms with Crippen molar-refractivity contribution in [3.63, 3.8) is 0 Å². The molecule has 0 aromatic heterocycles. The van der Waals surface area contributed by atoms with E-state index in [1.165, 1.54) is 5.56 Å². The third-order valence-corrected chi connectivity index (χ3v) is 5.41. The van der Waals surface area contributed by atoms with E-state index in [1.807, 2.05) is 36.4 Å². The number of likely N-dealkylation sites (tertiary alicyclic amines) is 1. The molecular weight excluding hydrogens is 322 g/mol. The number of aliphatic hydroxyl groups is 1. The van der Waals surface area contributed by atoms with E-state index >= 15 is 0 Å². The highest BCUT2D eigenvalue weighted by molar-refractivity contribution is 6.30. The van der Waals surface area contributed by atoms with Gasteiger partial charge in [0, 0.05) is 24.7 Å². The van der Waals surface area contributed by atoms with Gasteiger partial charge >= 0.3 is 0 Å². The van der Waals surface area contributed by atoms with Crippen LogP contribution >= 0.6 is 11.6 Å². The Labute approximate surface area is 147 Å². The summed E-state index contributed by atoms with van der Waals surface area (Å²) in [6.07, 6.45) is 1.88. The van der Waals surface area contributed by atoms with Gasteiger partial charge in [0.05, 0.1) is 6.10 Å². The number of halogens is 1. The number of hydrogen-bond donors (Lipinski definition) is 1. The fourth-order valence-electron chi connectivity index (χ4n) is 4.10. The molecule has 3 atom stereocenters. The molecule has 24 heavy (non-hydrogen) atoms. The van der Waals surface area contributed by atoms with Crippen LogP contribution in [0.5, 0.6) is 11.5 Å². The Morgan fingerprint density at radius 2 is 1.71 bits per heavy atom. The van der Waals surface area contributed by atoms with E-state index in [0.717, 1.165) is 44.0 Å². The largest absolute Gasteiger partial charge is 0.457 e. The number of ether oxygens (including phenoxy) is 1. The summed E-state index contributed by atoms with van der Waals surface area (Å²) in [4.78, 5) is 2.50. The minimum absolute atomic E-state index is 0.0711. The zero-order valence-corrected chi connectivity index (χ0v) is 14.3. The predicted octanol–water partition coefficient (Wildman–Crippen LogP) is 4.34. The third kappa shape index (κ3) is 3.59. The molecule has 1 N–H and O–H groups in total. The van der Waals surface area contributed by atoms with Crippen molar-refractivity contribution in [2.24, 2.45) is 11.8 Å². The van der Waals surface area contributed by atoms with Crippen LogP contribution in [0.2, 0.25) is 5.02 Å². The lowest BCUT2D eigenvalue weighted by Gasteiger charge is -2.18. The Morgan fingerprint density at radius 3 is 2.42 bits per heavy atom. The van der Waals surface area contributed by atoms with Gasteiger partial charge in [0.15, 0.2) is 0 Å². The van der Waals surface area contributed by atoms with Crippen LogP contribution in [0.4, 0.5) is 0 Å². The fraction of sp³-hybridized carbons (Fsp3) is 0.400. The molecule has 1 saturated heterocycles. The second kappa shape index (κ2) is 6.75. The molecule has 4 heteroatoms. The van der Waals surface area contributed by atoms with Crippen molar-refractivity contribution in [2.45, 2.75) is 25.5 Å². The molecule has 1 saturated carbocycles. The first-order chi connectivity index (χ1) is 11.7. The van der Waals surface area contributed by atoms with Crippen molar-refractivity contribution in [3.05, 3.63) is 59.1 Å². The maximum atomic E-state index is 9.76. The molecule has 1 aliphatic carbocycles. The second-order valence-electron chi connectivity index (χ2n) is 7.04. The van der Waals surface area contributed by atoms with Crippen molar-refractivity contribution in [2.75, 3.05) is 13.1 Å². The molecule has 2 aromatic carbocycles. The van der Waals surface area contributed by atoms with Crippen LogP contribution in [0, 0.1) is 11.8 Å². The topological polar surface area (TPSA) is 32.7 Å². The van der Waals surface area contributed by atoms with Crippen molar-refractivity contribution < 1.29 is 9.84 Å². The smallest absolute Gasteiger partial charge is 0.127 e. The van der Waals surface area contributed by atoms with Gasteiger partial charge in [0.1, 0.15) is 11.5 Å². The lowest BCUT2D eigenvalue weighted by Crippen LogP contribution is -2.22. The Kier molecular flexibility index (Phi) is 4.49. The molecule has 0 radical (unpaired) electrons. The molecule has 0 amide bonds. The van der Waals surface area contributed by atoms with Gasteiger partial charge in [0.2, 0.25) is 0 Å². The molecule has 126 valence electrons. The van der Waals surface area contributed by atoms with Gasteiger partial charge in [-0.25, -0.2) is 0 Å². The molecule has 1 aliphatic heterocycles. The van der Waals surface area contributed by atoms with Crippen LogP contribution in [0.15, 0.2) is 48.5 Å². The number of fused-ring (bicyclic) bond motifs is 1. The molecule has 4 rings (SSSR count). The lowest BCUT2D eigenvalue weighted by molar-refractivity contribution is 0.161. The van der Waals surface area contributed by atoms with Crippen molar-refractivity contribution in [3.8, 4) is 11.5 Å². The Balaban J connectivity index is 1.39. The molecule has 1 heterocycles. The first-order valence-electron chi connectivity index (χ1n) is 8.58. The fourth-order valence-corrected chi connectivity index (χ4v) is 4.22. The van der Waals surface area contributed by atoms with E-state index in [1.54, 1.807) is 0 Å². The number of rotatable bonds is 4. The van der Waals surface area contributed by atoms with Gasteiger partial charge in [-0.2, -0.15) is 0 Å². The van der Waals surface area contributed by atoms with Gasteiger partial charge in [-0.05, 0) is 66.6 Å². The SMILES string of the molecule is OC1C[C@@H]2CN(Cc3cccc(Oc4ccc(Cl)cc4)c3)C[C@@H]2C1. The zero-order valence-electron chi connectivity index (χ0n) is 13.6. The third-order valence-electron chi connectivity index (χ3n) is 5.16. The van der Waals surface area contributed by atoms with Crippen LogP contribution < -0.4 is 4.74 Å². The van der Waals surface area contributed by atoms with Crippen LogP contribution in [-0.4, -0.2) is 29.2 Å². The highest BCUT2D eigenvalue weighted by atomic mass is 35.5. The molecular formula is C20H22ClNO2. The average molecular weight is 344 g/mol. The van der Waals surface area contributed by atoms with Gasteiger partial charge < -0.3 is 9.84 Å². The standard InChI is InChI=1S/C20H22ClNO2/c21-17-4-6-19(7-5-17)24-20-3-1-2-14(8-20)11-22-12-15-9-18(23)10-16(15)13-22/h1-8,15-16,18,23H,9-13H2/t15-,16+,18?. The lowest BCUT2D eigenvalue weighted by atomic mass is 10.0. The summed E-state index contributed by atoms with van der Waals surface area (Å²) >= 11 is 5.91. The molecule has 2 aliphatic rings. The monoisotopic (exact) mass is 343 g/mol. The van der Waals surface area contributed by atoms with Gasteiger partial charge in [-0.15, -0.1) is 0 Å². The maximum Gasteiger partial charge on any atom is 0.127 e. The van der Waals surface area contributed by atoms with Crippen LogP contribution in [-0.2, 0) is 6.54 Å². The minimum Gasteiger partial charge on any atom is -0.457 e. The normalized spacial score (nSPS) is 26.5. The highest BCUT2D eigenvalue weighted by Gasteiger charge is 2.39. The molecule has 0 spiro atoms. The summed E-state index contributed by atoms with van der Waals surface area (Å²) < 4.78 is 5.92. The van der Waals surface area contributed by atoms with E-state index in [9.17, 15) is 5.11 Å². The predicted molar refractivity (Wildman–Crippen MR) is 95.5 cm³/mol. The summed E-state index contributed by atoms with van der Waals surface area (Å²) in [6.45, 7) is 3.15. The van der Waals surface area contributed by atoms with E-state index in [4.69, 9.17) is 16.3 Å².